The summed E-state index contributed by atoms with van der Waals surface area (Å²) in [5, 5.41) is 17.7. The van der Waals surface area contributed by atoms with Crippen LogP contribution in [0.25, 0.3) is 5.76 Å². The van der Waals surface area contributed by atoms with Crippen molar-refractivity contribution < 1.29 is 33.7 Å². The van der Waals surface area contributed by atoms with Crippen LogP contribution in [0.3, 0.4) is 0 Å². The second-order valence-corrected chi connectivity index (χ2v) is 4.47. The summed E-state index contributed by atoms with van der Waals surface area (Å²) in [5.41, 5.74) is -0.104. The summed E-state index contributed by atoms with van der Waals surface area (Å²) in [5.74, 6) is -7.59. The molecule has 0 bridgehead atoms. The lowest BCUT2D eigenvalue weighted by molar-refractivity contribution is -0.207. The molecule has 0 radical (unpaired) electrons. The van der Waals surface area contributed by atoms with Gasteiger partial charge in [-0.25, -0.2) is 14.0 Å². The van der Waals surface area contributed by atoms with Crippen molar-refractivity contribution in [3.8, 4) is 0 Å². The molecule has 6 nitrogen and oxygen atoms in total. The van der Waals surface area contributed by atoms with Crippen molar-refractivity contribution in [2.75, 3.05) is 0 Å². The van der Waals surface area contributed by atoms with E-state index in [4.69, 9.17) is 14.9 Å². The molecule has 0 aliphatic carbocycles. The van der Waals surface area contributed by atoms with E-state index in [1.54, 1.807) is 0 Å². The van der Waals surface area contributed by atoms with Gasteiger partial charge in [0.25, 0.3) is 0 Å². The zero-order valence-corrected chi connectivity index (χ0v) is 10.7. The first-order chi connectivity index (χ1) is 8.86. The van der Waals surface area contributed by atoms with Gasteiger partial charge in [-0.05, 0) is 18.2 Å². The van der Waals surface area contributed by atoms with Gasteiger partial charge in [0.1, 0.15) is 12.1 Å². The van der Waals surface area contributed by atoms with E-state index in [2.05, 4.69) is 20.7 Å². The normalized spacial score (nSPS) is 16.2. The number of ether oxygens (including phenoxy) is 2. The lowest BCUT2D eigenvalue weighted by Crippen LogP contribution is -2.47. The zero-order chi connectivity index (χ0) is 14.2. The lowest BCUT2D eigenvalue weighted by Gasteiger charge is -2.18. The third-order valence-electron chi connectivity index (χ3n) is 2.35. The Morgan fingerprint density at radius 2 is 1.89 bits per heavy atom. The standard InChI is InChI=1S/C11H6BrFO6/c12-5-1-2-6(7(13)3-5)8-4-18-11(19-8,9(14)15)10(16)17/h1-4H,(H,14,15)(H,16,17). The molecule has 100 valence electrons. The van der Waals surface area contributed by atoms with Crippen LogP contribution in [0.15, 0.2) is 28.9 Å². The summed E-state index contributed by atoms with van der Waals surface area (Å²) in [4.78, 5) is 21.8. The van der Waals surface area contributed by atoms with Gasteiger partial charge in [0.15, 0.2) is 5.76 Å². The van der Waals surface area contributed by atoms with Crippen molar-refractivity contribution in [1.82, 2.24) is 0 Å². The minimum Gasteiger partial charge on any atom is -0.475 e. The third-order valence-corrected chi connectivity index (χ3v) is 2.84. The SMILES string of the molecule is O=C(O)C1(C(=O)O)OC=C(c2ccc(Br)cc2F)O1. The summed E-state index contributed by atoms with van der Waals surface area (Å²) >= 11 is 3.05. The van der Waals surface area contributed by atoms with E-state index >= 15 is 0 Å². The van der Waals surface area contributed by atoms with Gasteiger partial charge in [-0.2, -0.15) is 0 Å². The Balaban J connectivity index is 2.36. The molecule has 2 rings (SSSR count). The summed E-state index contributed by atoms with van der Waals surface area (Å²) in [6.45, 7) is 0. The molecule has 0 atom stereocenters. The topological polar surface area (TPSA) is 93.1 Å². The van der Waals surface area contributed by atoms with E-state index in [-0.39, 0.29) is 11.3 Å². The van der Waals surface area contributed by atoms with E-state index in [0.29, 0.717) is 4.47 Å². The van der Waals surface area contributed by atoms with E-state index < -0.39 is 23.5 Å². The highest BCUT2D eigenvalue weighted by atomic mass is 79.9. The molecule has 1 aliphatic rings. The number of rotatable bonds is 3. The van der Waals surface area contributed by atoms with Gasteiger partial charge in [-0.15, -0.1) is 0 Å². The van der Waals surface area contributed by atoms with E-state index in [1.807, 2.05) is 0 Å². The summed E-state index contributed by atoms with van der Waals surface area (Å²) in [6, 6.07) is 3.92. The van der Waals surface area contributed by atoms with Crippen LogP contribution >= 0.6 is 15.9 Å². The number of hydrogen-bond acceptors (Lipinski definition) is 4. The molecule has 0 aromatic heterocycles. The minimum absolute atomic E-state index is 0.104. The van der Waals surface area contributed by atoms with Gasteiger partial charge in [-0.1, -0.05) is 15.9 Å². The van der Waals surface area contributed by atoms with Crippen molar-refractivity contribution in [3.63, 3.8) is 0 Å². The molecule has 0 spiro atoms. The fourth-order valence-corrected chi connectivity index (χ4v) is 1.76. The molecule has 0 fully saturated rings. The van der Waals surface area contributed by atoms with Crippen LogP contribution in [0.1, 0.15) is 5.56 Å². The maximum atomic E-state index is 13.7. The first-order valence-electron chi connectivity index (χ1n) is 4.86. The second kappa shape index (κ2) is 4.54. The highest BCUT2D eigenvalue weighted by molar-refractivity contribution is 9.10. The summed E-state index contributed by atoms with van der Waals surface area (Å²) < 4.78 is 23.4. The van der Waals surface area contributed by atoms with Crippen molar-refractivity contribution >= 4 is 33.6 Å². The maximum Gasteiger partial charge on any atom is 0.452 e. The smallest absolute Gasteiger partial charge is 0.452 e. The van der Waals surface area contributed by atoms with E-state index in [0.717, 1.165) is 12.3 Å². The Morgan fingerprint density at radius 3 is 2.37 bits per heavy atom. The van der Waals surface area contributed by atoms with Gasteiger partial charge in [-0.3, -0.25) is 0 Å². The average Bonchev–Trinajstić information content (AvgIpc) is 2.75. The molecule has 1 aliphatic heterocycles. The maximum absolute atomic E-state index is 13.7. The molecule has 1 aromatic carbocycles. The van der Waals surface area contributed by atoms with Gasteiger partial charge in [0.2, 0.25) is 0 Å². The van der Waals surface area contributed by atoms with Crippen molar-refractivity contribution in [2.45, 2.75) is 5.79 Å². The molecule has 0 amide bonds. The Hall–Kier alpha value is -2.09. The Kier molecular flexibility index (Phi) is 3.19. The van der Waals surface area contributed by atoms with Crippen molar-refractivity contribution in [1.29, 1.82) is 0 Å². The molecule has 1 aromatic rings. The first-order valence-corrected chi connectivity index (χ1v) is 5.65. The van der Waals surface area contributed by atoms with Crippen LogP contribution in [0.5, 0.6) is 0 Å². The van der Waals surface area contributed by atoms with Gasteiger partial charge in [0.05, 0.1) is 5.56 Å². The summed E-state index contributed by atoms with van der Waals surface area (Å²) in [7, 11) is 0. The van der Waals surface area contributed by atoms with Crippen LogP contribution in [0.2, 0.25) is 0 Å². The van der Waals surface area contributed by atoms with E-state index in [1.165, 1.54) is 12.1 Å². The van der Waals surface area contributed by atoms with Crippen LogP contribution in [0, 0.1) is 5.82 Å². The Morgan fingerprint density at radius 1 is 1.26 bits per heavy atom. The average molecular weight is 333 g/mol. The molecule has 2 N–H and O–H groups in total. The number of carboxylic acids is 2. The number of hydrogen-bond donors (Lipinski definition) is 2. The zero-order valence-electron chi connectivity index (χ0n) is 9.09. The molecule has 0 unspecified atom stereocenters. The molecular weight excluding hydrogens is 327 g/mol. The Labute approximate surface area is 114 Å². The summed E-state index contributed by atoms with van der Waals surface area (Å²) in [6.07, 6.45) is 0.758. The van der Waals surface area contributed by atoms with Gasteiger partial charge >= 0.3 is 17.7 Å². The van der Waals surface area contributed by atoms with E-state index in [9.17, 15) is 14.0 Å². The number of halogens is 2. The highest BCUT2D eigenvalue weighted by Crippen LogP contribution is 2.34. The minimum atomic E-state index is -2.88. The second-order valence-electron chi connectivity index (χ2n) is 3.55. The highest BCUT2D eigenvalue weighted by Gasteiger charge is 2.56. The van der Waals surface area contributed by atoms with Crippen molar-refractivity contribution in [2.24, 2.45) is 0 Å². The molecular formula is C11H6BrFO6. The molecule has 0 saturated carbocycles. The van der Waals surface area contributed by atoms with Gasteiger partial charge in [0, 0.05) is 4.47 Å². The Bertz CT molecular complexity index is 583. The van der Waals surface area contributed by atoms with Crippen LogP contribution in [0.4, 0.5) is 4.39 Å². The fourth-order valence-electron chi connectivity index (χ4n) is 1.43. The predicted molar refractivity (Wildman–Crippen MR) is 62.2 cm³/mol. The first kappa shape index (κ1) is 13.3. The van der Waals surface area contributed by atoms with Crippen molar-refractivity contribution in [3.05, 3.63) is 40.3 Å². The molecule has 1 heterocycles. The molecule has 0 saturated heterocycles. The number of benzene rings is 1. The molecule has 19 heavy (non-hydrogen) atoms. The lowest BCUT2D eigenvalue weighted by atomic mass is 10.2. The number of carbonyl (C=O) groups is 2. The van der Waals surface area contributed by atoms with Crippen LogP contribution in [-0.4, -0.2) is 27.9 Å². The number of carboxylic acid groups (broad SMARTS) is 2. The van der Waals surface area contributed by atoms with Crippen LogP contribution in [-0.2, 0) is 19.1 Å². The molecule has 8 heteroatoms. The van der Waals surface area contributed by atoms with Gasteiger partial charge < -0.3 is 19.7 Å². The third kappa shape index (κ3) is 2.14. The quantitative estimate of drug-likeness (QED) is 0.820. The monoisotopic (exact) mass is 332 g/mol. The number of aliphatic carboxylic acids is 2. The largest absolute Gasteiger partial charge is 0.475 e. The fraction of sp³-hybridized carbons (Fsp3) is 0.0909. The predicted octanol–water partition coefficient (Wildman–Crippen LogP) is 1.80. The van der Waals surface area contributed by atoms with Crippen LogP contribution < -0.4 is 0 Å².